The zero-order valence-corrected chi connectivity index (χ0v) is 11.6. The molecule has 1 N–H and O–H groups in total. The van der Waals surface area contributed by atoms with Crippen molar-refractivity contribution in [3.8, 4) is 0 Å². The molecule has 16 heavy (non-hydrogen) atoms. The molecule has 0 aliphatic heterocycles. The van der Waals surface area contributed by atoms with E-state index in [1.54, 1.807) is 11.3 Å². The van der Waals surface area contributed by atoms with Crippen LogP contribution in [-0.4, -0.2) is 17.6 Å². The Labute approximate surface area is 103 Å². The number of hydrogen-bond acceptors (Lipinski definition) is 3. The highest BCUT2D eigenvalue weighted by atomic mass is 32.1. The quantitative estimate of drug-likeness (QED) is 0.751. The molecule has 0 aliphatic rings. The number of hydrogen-bond donors (Lipinski definition) is 1. The van der Waals surface area contributed by atoms with Crippen molar-refractivity contribution in [1.29, 1.82) is 0 Å². The van der Waals surface area contributed by atoms with Crippen molar-refractivity contribution in [2.45, 2.75) is 58.9 Å². The Morgan fingerprint density at radius 3 is 2.75 bits per heavy atom. The second-order valence-corrected chi connectivity index (χ2v) is 5.26. The summed E-state index contributed by atoms with van der Waals surface area (Å²) in [5.41, 5.74) is 1.16. The summed E-state index contributed by atoms with van der Waals surface area (Å²) in [7, 11) is 0. The largest absolute Gasteiger partial charge is 0.314 e. The van der Waals surface area contributed by atoms with E-state index in [0.717, 1.165) is 18.7 Å². The first kappa shape index (κ1) is 13.7. The van der Waals surface area contributed by atoms with E-state index < -0.39 is 0 Å². The Balaban J connectivity index is 2.21. The van der Waals surface area contributed by atoms with Gasteiger partial charge < -0.3 is 5.32 Å². The molecule has 1 aromatic heterocycles. The van der Waals surface area contributed by atoms with E-state index in [9.17, 15) is 0 Å². The average molecular weight is 240 g/mol. The monoisotopic (exact) mass is 240 g/mol. The van der Waals surface area contributed by atoms with Crippen molar-refractivity contribution in [1.82, 2.24) is 10.3 Å². The van der Waals surface area contributed by atoms with E-state index in [-0.39, 0.29) is 0 Å². The van der Waals surface area contributed by atoms with Gasteiger partial charge in [-0.3, -0.25) is 0 Å². The molecule has 1 heterocycles. The smallest absolute Gasteiger partial charge is 0.0928 e. The van der Waals surface area contributed by atoms with Crippen molar-refractivity contribution in [3.05, 3.63) is 16.1 Å². The Morgan fingerprint density at radius 2 is 2.19 bits per heavy atom. The van der Waals surface area contributed by atoms with Gasteiger partial charge in [0.15, 0.2) is 0 Å². The van der Waals surface area contributed by atoms with Crippen molar-refractivity contribution < 1.29 is 0 Å². The lowest BCUT2D eigenvalue weighted by molar-refractivity contribution is 0.447. The van der Waals surface area contributed by atoms with Crippen LogP contribution in [-0.2, 0) is 6.42 Å². The lowest BCUT2D eigenvalue weighted by atomic mass is 10.1. The third-order valence-corrected chi connectivity index (χ3v) is 3.77. The second-order valence-electron chi connectivity index (χ2n) is 4.32. The molecule has 1 atom stereocenters. The molecule has 0 aliphatic carbocycles. The molecule has 0 saturated heterocycles. The molecule has 1 aromatic rings. The van der Waals surface area contributed by atoms with Crippen LogP contribution in [0.4, 0.5) is 0 Å². The molecule has 0 amide bonds. The number of nitrogens with zero attached hydrogens (tertiary/aromatic N) is 1. The molecular weight excluding hydrogens is 216 g/mol. The SMILES string of the molecule is CCCC(CCCc1nc(C)cs1)NCC. The number of nitrogens with one attached hydrogen (secondary N) is 1. The summed E-state index contributed by atoms with van der Waals surface area (Å²) in [5.74, 6) is 0. The topological polar surface area (TPSA) is 24.9 Å². The van der Waals surface area contributed by atoms with Crippen LogP contribution in [0.1, 0.15) is 50.2 Å². The Morgan fingerprint density at radius 1 is 1.38 bits per heavy atom. The number of aryl methyl sites for hydroxylation is 2. The van der Waals surface area contributed by atoms with Gasteiger partial charge in [0.1, 0.15) is 0 Å². The summed E-state index contributed by atoms with van der Waals surface area (Å²) in [6.45, 7) is 7.60. The molecular formula is C13H24N2S. The van der Waals surface area contributed by atoms with Gasteiger partial charge in [0, 0.05) is 17.1 Å². The second kappa shape index (κ2) is 7.80. The maximum Gasteiger partial charge on any atom is 0.0928 e. The van der Waals surface area contributed by atoms with E-state index in [4.69, 9.17) is 0 Å². The molecule has 1 rings (SSSR count). The van der Waals surface area contributed by atoms with Crippen LogP contribution in [0.5, 0.6) is 0 Å². The fraction of sp³-hybridized carbons (Fsp3) is 0.769. The standard InChI is InChI=1S/C13H24N2S/c1-4-7-12(14-5-2)8-6-9-13-15-11(3)10-16-13/h10,12,14H,4-9H2,1-3H3. The van der Waals surface area contributed by atoms with Gasteiger partial charge in [-0.1, -0.05) is 20.3 Å². The highest BCUT2D eigenvalue weighted by Gasteiger charge is 2.06. The normalized spacial score (nSPS) is 12.9. The third kappa shape index (κ3) is 5.08. The number of aromatic nitrogens is 1. The predicted molar refractivity (Wildman–Crippen MR) is 72.2 cm³/mol. The lowest BCUT2D eigenvalue weighted by Crippen LogP contribution is -2.28. The predicted octanol–water partition coefficient (Wildman–Crippen LogP) is 3.55. The molecule has 0 radical (unpaired) electrons. The number of thiazole rings is 1. The van der Waals surface area contributed by atoms with Crippen LogP contribution in [0.15, 0.2) is 5.38 Å². The Hall–Kier alpha value is -0.410. The van der Waals surface area contributed by atoms with Gasteiger partial charge in [-0.2, -0.15) is 0 Å². The average Bonchev–Trinajstić information content (AvgIpc) is 2.65. The maximum absolute atomic E-state index is 4.50. The maximum atomic E-state index is 4.50. The zero-order valence-electron chi connectivity index (χ0n) is 10.8. The molecule has 0 fully saturated rings. The van der Waals surface area contributed by atoms with E-state index in [0.29, 0.717) is 6.04 Å². The van der Waals surface area contributed by atoms with E-state index >= 15 is 0 Å². The van der Waals surface area contributed by atoms with Crippen LogP contribution in [0, 0.1) is 6.92 Å². The van der Waals surface area contributed by atoms with Gasteiger partial charge in [0.25, 0.3) is 0 Å². The summed E-state index contributed by atoms with van der Waals surface area (Å²) in [4.78, 5) is 4.50. The summed E-state index contributed by atoms with van der Waals surface area (Å²) < 4.78 is 0. The minimum absolute atomic E-state index is 0.705. The Bertz CT molecular complexity index is 277. The summed E-state index contributed by atoms with van der Waals surface area (Å²) in [6.07, 6.45) is 6.24. The first-order valence-corrected chi connectivity index (χ1v) is 7.28. The highest BCUT2D eigenvalue weighted by Crippen LogP contribution is 2.13. The minimum atomic E-state index is 0.705. The van der Waals surface area contributed by atoms with E-state index in [2.05, 4.69) is 36.5 Å². The summed E-state index contributed by atoms with van der Waals surface area (Å²) in [6, 6.07) is 0.705. The Kier molecular flexibility index (Phi) is 6.65. The van der Waals surface area contributed by atoms with Gasteiger partial charge in [-0.15, -0.1) is 11.3 Å². The van der Waals surface area contributed by atoms with Crippen molar-refractivity contribution in [3.63, 3.8) is 0 Å². The first-order chi connectivity index (χ1) is 7.76. The summed E-state index contributed by atoms with van der Waals surface area (Å²) in [5, 5.41) is 7.00. The fourth-order valence-corrected chi connectivity index (χ4v) is 2.82. The summed E-state index contributed by atoms with van der Waals surface area (Å²) >= 11 is 1.80. The van der Waals surface area contributed by atoms with Crippen LogP contribution < -0.4 is 5.32 Å². The van der Waals surface area contributed by atoms with Gasteiger partial charge in [-0.05, 0) is 39.2 Å². The zero-order chi connectivity index (χ0) is 11.8. The molecule has 0 bridgehead atoms. The fourth-order valence-electron chi connectivity index (χ4n) is 2.00. The van der Waals surface area contributed by atoms with Crippen molar-refractivity contribution in [2.24, 2.45) is 0 Å². The van der Waals surface area contributed by atoms with E-state index in [1.807, 2.05) is 0 Å². The van der Waals surface area contributed by atoms with Gasteiger partial charge in [-0.25, -0.2) is 4.98 Å². The van der Waals surface area contributed by atoms with E-state index in [1.165, 1.54) is 30.7 Å². The molecule has 2 nitrogen and oxygen atoms in total. The number of rotatable bonds is 8. The highest BCUT2D eigenvalue weighted by molar-refractivity contribution is 7.09. The molecule has 0 aromatic carbocycles. The van der Waals surface area contributed by atoms with Crippen LogP contribution in [0.25, 0.3) is 0 Å². The molecule has 0 saturated carbocycles. The van der Waals surface area contributed by atoms with Gasteiger partial charge >= 0.3 is 0 Å². The lowest BCUT2D eigenvalue weighted by Gasteiger charge is -2.16. The first-order valence-electron chi connectivity index (χ1n) is 6.40. The van der Waals surface area contributed by atoms with Crippen molar-refractivity contribution in [2.75, 3.05) is 6.54 Å². The molecule has 0 spiro atoms. The molecule has 92 valence electrons. The van der Waals surface area contributed by atoms with Gasteiger partial charge in [0.05, 0.1) is 5.01 Å². The minimum Gasteiger partial charge on any atom is -0.314 e. The van der Waals surface area contributed by atoms with Crippen LogP contribution in [0.2, 0.25) is 0 Å². The molecule has 3 heteroatoms. The van der Waals surface area contributed by atoms with Crippen LogP contribution in [0.3, 0.4) is 0 Å². The molecule has 1 unspecified atom stereocenters. The van der Waals surface area contributed by atoms with Crippen molar-refractivity contribution >= 4 is 11.3 Å². The third-order valence-electron chi connectivity index (χ3n) is 2.74. The van der Waals surface area contributed by atoms with Gasteiger partial charge in [0.2, 0.25) is 0 Å². The van der Waals surface area contributed by atoms with Crippen LogP contribution >= 0.6 is 11.3 Å².